The van der Waals surface area contributed by atoms with E-state index >= 15 is 0 Å². The van der Waals surface area contributed by atoms with Crippen LogP contribution in [-0.4, -0.2) is 44.7 Å². The molecule has 0 amide bonds. The number of ether oxygens (including phenoxy) is 1. The summed E-state index contributed by atoms with van der Waals surface area (Å²) in [5.41, 5.74) is 4.23. The molecule has 3 aromatic heterocycles. The van der Waals surface area contributed by atoms with Crippen molar-refractivity contribution in [2.75, 3.05) is 20.2 Å². The Kier molecular flexibility index (Phi) is 5.15. The van der Waals surface area contributed by atoms with Crippen LogP contribution in [0.25, 0.3) is 16.8 Å². The van der Waals surface area contributed by atoms with Crippen LogP contribution in [0.3, 0.4) is 0 Å². The lowest BCUT2D eigenvalue weighted by molar-refractivity contribution is 0.200. The number of fused-ring (bicyclic) bond motifs is 1. The molecular weight excluding hydrogens is 374 g/mol. The quantitative estimate of drug-likeness (QED) is 0.504. The summed E-state index contributed by atoms with van der Waals surface area (Å²) < 4.78 is 7.26. The number of hydrogen-bond acceptors (Lipinski definition) is 5. The molecule has 0 spiro atoms. The first-order valence-electron chi connectivity index (χ1n) is 10.4. The molecule has 0 bridgehead atoms. The van der Waals surface area contributed by atoms with Crippen LogP contribution in [0.2, 0.25) is 0 Å². The van der Waals surface area contributed by atoms with Crippen LogP contribution >= 0.6 is 0 Å². The van der Waals surface area contributed by atoms with Crippen LogP contribution in [0.4, 0.5) is 0 Å². The van der Waals surface area contributed by atoms with Crippen molar-refractivity contribution in [2.24, 2.45) is 0 Å². The monoisotopic (exact) mass is 399 g/mol. The van der Waals surface area contributed by atoms with E-state index in [0.29, 0.717) is 5.92 Å². The highest BCUT2D eigenvalue weighted by molar-refractivity contribution is 5.65. The minimum atomic E-state index is 0.408. The van der Waals surface area contributed by atoms with Crippen molar-refractivity contribution in [3.63, 3.8) is 0 Å². The first-order chi connectivity index (χ1) is 14.8. The summed E-state index contributed by atoms with van der Waals surface area (Å²) >= 11 is 0. The van der Waals surface area contributed by atoms with Crippen molar-refractivity contribution >= 4 is 5.65 Å². The Hall–Kier alpha value is -3.25. The van der Waals surface area contributed by atoms with Crippen molar-refractivity contribution in [3.05, 3.63) is 78.5 Å². The van der Waals surface area contributed by atoms with Crippen LogP contribution < -0.4 is 4.74 Å². The molecule has 1 aromatic carbocycles. The number of rotatable bonds is 5. The molecular formula is C24H25N5O. The second-order valence-electron chi connectivity index (χ2n) is 7.79. The Labute approximate surface area is 176 Å². The molecule has 4 aromatic rings. The molecule has 1 fully saturated rings. The molecule has 0 unspecified atom stereocenters. The van der Waals surface area contributed by atoms with Gasteiger partial charge < -0.3 is 4.74 Å². The summed E-state index contributed by atoms with van der Waals surface area (Å²) in [6.07, 6.45) is 6.07. The molecule has 0 atom stereocenters. The number of pyridine rings is 2. The first kappa shape index (κ1) is 18.8. The summed E-state index contributed by atoms with van der Waals surface area (Å²) in [4.78, 5) is 11.7. The fraction of sp³-hybridized carbons (Fsp3) is 0.292. The first-order valence-corrected chi connectivity index (χ1v) is 10.4. The lowest BCUT2D eigenvalue weighted by Gasteiger charge is -2.30. The molecule has 1 saturated heterocycles. The standard InChI is InChI=1S/C24H25N5O/c1-30-22-7-4-5-19(15-22)20-8-9-23-26-24(27-29(23)16-20)18-10-13-28(14-11-18)17-21-6-2-3-12-25-21/h2-9,12,15-16,18H,10-11,13-14,17H2,1H3. The molecule has 0 saturated carbocycles. The van der Waals surface area contributed by atoms with E-state index in [1.165, 1.54) is 0 Å². The zero-order valence-corrected chi connectivity index (χ0v) is 17.1. The van der Waals surface area contributed by atoms with Gasteiger partial charge in [-0.3, -0.25) is 9.88 Å². The highest BCUT2D eigenvalue weighted by Gasteiger charge is 2.24. The number of piperidine rings is 1. The predicted molar refractivity (Wildman–Crippen MR) is 116 cm³/mol. The van der Waals surface area contributed by atoms with Crippen LogP contribution in [0.1, 0.15) is 30.3 Å². The number of likely N-dealkylation sites (tertiary alicyclic amines) is 1. The predicted octanol–water partition coefficient (Wildman–Crippen LogP) is 4.18. The van der Waals surface area contributed by atoms with Crippen molar-refractivity contribution in [1.82, 2.24) is 24.5 Å². The van der Waals surface area contributed by atoms with Crippen LogP contribution in [-0.2, 0) is 6.54 Å². The molecule has 152 valence electrons. The summed E-state index contributed by atoms with van der Waals surface area (Å²) in [7, 11) is 1.69. The van der Waals surface area contributed by atoms with Gasteiger partial charge >= 0.3 is 0 Å². The number of methoxy groups -OCH3 is 1. The zero-order chi connectivity index (χ0) is 20.3. The van der Waals surface area contributed by atoms with Gasteiger partial charge in [0.1, 0.15) is 5.75 Å². The van der Waals surface area contributed by atoms with E-state index in [1.54, 1.807) is 7.11 Å². The van der Waals surface area contributed by atoms with Gasteiger partial charge in [-0.25, -0.2) is 9.50 Å². The maximum absolute atomic E-state index is 5.35. The normalized spacial score (nSPS) is 15.5. The molecule has 5 rings (SSSR count). The van der Waals surface area contributed by atoms with Gasteiger partial charge in [0.05, 0.1) is 12.8 Å². The van der Waals surface area contributed by atoms with Crippen LogP contribution in [0, 0.1) is 0 Å². The molecule has 0 aliphatic carbocycles. The average Bonchev–Trinajstić information content (AvgIpc) is 3.24. The SMILES string of the molecule is COc1cccc(-c2ccc3nc(C4CCN(Cc5ccccn5)CC4)nn3c2)c1. The Morgan fingerprint density at radius 2 is 1.90 bits per heavy atom. The Balaban J connectivity index is 1.30. The molecule has 4 heterocycles. The maximum Gasteiger partial charge on any atom is 0.155 e. The second kappa shape index (κ2) is 8.24. The lowest BCUT2D eigenvalue weighted by Crippen LogP contribution is -2.33. The second-order valence-corrected chi connectivity index (χ2v) is 7.79. The van der Waals surface area contributed by atoms with E-state index in [2.05, 4.69) is 40.3 Å². The average molecular weight is 399 g/mol. The largest absolute Gasteiger partial charge is 0.497 e. The molecule has 1 aliphatic rings. The van der Waals surface area contributed by atoms with Crippen molar-refractivity contribution in [2.45, 2.75) is 25.3 Å². The third-order valence-corrected chi connectivity index (χ3v) is 5.81. The Bertz CT molecular complexity index is 1130. The van der Waals surface area contributed by atoms with Crippen LogP contribution in [0.5, 0.6) is 5.75 Å². The van der Waals surface area contributed by atoms with Gasteiger partial charge in [0.15, 0.2) is 11.5 Å². The summed E-state index contributed by atoms with van der Waals surface area (Å²) in [5, 5.41) is 4.82. The summed E-state index contributed by atoms with van der Waals surface area (Å²) in [6, 6.07) is 18.3. The molecule has 0 radical (unpaired) electrons. The van der Waals surface area contributed by atoms with Crippen molar-refractivity contribution < 1.29 is 4.74 Å². The minimum Gasteiger partial charge on any atom is -0.497 e. The van der Waals surface area contributed by atoms with Gasteiger partial charge in [0, 0.05) is 30.4 Å². The number of hydrogen-bond donors (Lipinski definition) is 0. The Morgan fingerprint density at radius 1 is 1.00 bits per heavy atom. The maximum atomic E-state index is 5.35. The van der Waals surface area contributed by atoms with E-state index in [-0.39, 0.29) is 0 Å². The third kappa shape index (κ3) is 3.91. The van der Waals surface area contributed by atoms with Gasteiger partial charge in [0.2, 0.25) is 0 Å². The molecule has 6 heteroatoms. The topological polar surface area (TPSA) is 55.5 Å². The highest BCUT2D eigenvalue weighted by Crippen LogP contribution is 2.28. The van der Waals surface area contributed by atoms with Gasteiger partial charge in [0.25, 0.3) is 0 Å². The molecule has 0 N–H and O–H groups in total. The van der Waals surface area contributed by atoms with Gasteiger partial charge in [-0.15, -0.1) is 0 Å². The van der Waals surface area contributed by atoms with E-state index in [1.807, 2.05) is 41.0 Å². The molecule has 6 nitrogen and oxygen atoms in total. The third-order valence-electron chi connectivity index (χ3n) is 5.81. The van der Waals surface area contributed by atoms with Crippen molar-refractivity contribution in [3.8, 4) is 16.9 Å². The van der Waals surface area contributed by atoms with Gasteiger partial charge in [-0.05, 0) is 67.9 Å². The van der Waals surface area contributed by atoms with Crippen molar-refractivity contribution in [1.29, 1.82) is 0 Å². The molecule has 1 aliphatic heterocycles. The van der Waals surface area contributed by atoms with E-state index < -0.39 is 0 Å². The number of nitrogens with zero attached hydrogens (tertiary/aromatic N) is 5. The van der Waals surface area contributed by atoms with Gasteiger partial charge in [-0.2, -0.15) is 5.10 Å². The fourth-order valence-electron chi connectivity index (χ4n) is 4.12. The van der Waals surface area contributed by atoms with E-state index in [0.717, 1.165) is 66.5 Å². The zero-order valence-electron chi connectivity index (χ0n) is 17.1. The smallest absolute Gasteiger partial charge is 0.155 e. The van der Waals surface area contributed by atoms with E-state index in [9.17, 15) is 0 Å². The Morgan fingerprint density at radius 3 is 2.70 bits per heavy atom. The number of benzene rings is 1. The minimum absolute atomic E-state index is 0.408. The van der Waals surface area contributed by atoms with Crippen LogP contribution in [0.15, 0.2) is 67.0 Å². The highest BCUT2D eigenvalue weighted by atomic mass is 16.5. The number of aromatic nitrogens is 4. The summed E-state index contributed by atoms with van der Waals surface area (Å²) in [5.74, 6) is 2.21. The lowest BCUT2D eigenvalue weighted by atomic mass is 9.96. The van der Waals surface area contributed by atoms with Gasteiger partial charge in [-0.1, -0.05) is 18.2 Å². The van der Waals surface area contributed by atoms with E-state index in [4.69, 9.17) is 14.8 Å². The summed E-state index contributed by atoms with van der Waals surface area (Å²) in [6.45, 7) is 3.01. The molecule has 30 heavy (non-hydrogen) atoms. The fourth-order valence-corrected chi connectivity index (χ4v) is 4.12.